The minimum Gasteiger partial charge on any atom is -0.468 e. The molecule has 0 aliphatic heterocycles. The first kappa shape index (κ1) is 14.4. The van der Waals surface area contributed by atoms with Crippen molar-refractivity contribution in [3.8, 4) is 0 Å². The lowest BCUT2D eigenvalue weighted by Crippen LogP contribution is -1.91. The maximum Gasteiger partial charge on any atom is 0.293 e. The third-order valence-electron chi connectivity index (χ3n) is 2.49. The number of ether oxygens (including phenoxy) is 1. The average molecular weight is 216 g/mol. The summed E-state index contributed by atoms with van der Waals surface area (Å²) in [4.78, 5) is 9.83. The van der Waals surface area contributed by atoms with Gasteiger partial charge in [-0.3, -0.25) is 4.79 Å². The molecule has 0 amide bonds. The zero-order valence-electron chi connectivity index (χ0n) is 9.62. The van der Waals surface area contributed by atoms with Crippen molar-refractivity contribution in [2.45, 2.75) is 57.8 Å². The molecule has 0 heterocycles. The number of aliphatic hydroxyl groups excluding tert-OH is 1. The molecule has 3 heteroatoms. The molecule has 1 N–H and O–H groups in total. The molecule has 0 spiro atoms. The van der Waals surface area contributed by atoms with E-state index in [2.05, 4.69) is 4.74 Å². The molecular formula is C12H24O3. The molecular weight excluding hydrogens is 192 g/mol. The van der Waals surface area contributed by atoms with Crippen molar-refractivity contribution in [1.29, 1.82) is 0 Å². The predicted octanol–water partition coefficient (Wildman–Crippen LogP) is 2.66. The highest BCUT2D eigenvalue weighted by Crippen LogP contribution is 2.09. The second-order valence-corrected chi connectivity index (χ2v) is 3.87. The number of hydrogen-bond acceptors (Lipinski definition) is 3. The van der Waals surface area contributed by atoms with Crippen molar-refractivity contribution >= 4 is 6.47 Å². The van der Waals surface area contributed by atoms with Gasteiger partial charge in [0.2, 0.25) is 0 Å². The lowest BCUT2D eigenvalue weighted by atomic mass is 10.1. The van der Waals surface area contributed by atoms with Crippen LogP contribution in [0, 0.1) is 0 Å². The van der Waals surface area contributed by atoms with Crippen LogP contribution in [0.3, 0.4) is 0 Å². The first-order chi connectivity index (χ1) is 7.41. The zero-order valence-corrected chi connectivity index (χ0v) is 9.62. The highest BCUT2D eigenvalue weighted by atomic mass is 16.5. The number of rotatable bonds is 12. The van der Waals surface area contributed by atoms with Gasteiger partial charge in [0.1, 0.15) is 0 Å². The Hall–Kier alpha value is -0.570. The molecule has 0 radical (unpaired) electrons. The molecule has 0 aliphatic carbocycles. The van der Waals surface area contributed by atoms with Crippen molar-refractivity contribution in [3.05, 3.63) is 0 Å². The Bertz CT molecular complexity index is 126. The van der Waals surface area contributed by atoms with Gasteiger partial charge >= 0.3 is 0 Å². The van der Waals surface area contributed by atoms with E-state index in [1.54, 1.807) is 0 Å². The van der Waals surface area contributed by atoms with Crippen LogP contribution in [0.15, 0.2) is 0 Å². The maximum atomic E-state index is 9.83. The van der Waals surface area contributed by atoms with E-state index in [0.717, 1.165) is 25.7 Å². The van der Waals surface area contributed by atoms with E-state index < -0.39 is 0 Å². The second-order valence-electron chi connectivity index (χ2n) is 3.87. The van der Waals surface area contributed by atoms with Gasteiger partial charge in [0, 0.05) is 6.61 Å². The molecule has 0 unspecified atom stereocenters. The molecule has 3 nitrogen and oxygen atoms in total. The molecule has 90 valence electrons. The Kier molecular flexibility index (Phi) is 12.9. The lowest BCUT2D eigenvalue weighted by molar-refractivity contribution is -0.128. The maximum absolute atomic E-state index is 9.83. The normalized spacial score (nSPS) is 10.2. The number of carbonyl (C=O) groups excluding carboxylic acids is 1. The fourth-order valence-corrected chi connectivity index (χ4v) is 1.58. The van der Waals surface area contributed by atoms with E-state index in [9.17, 15) is 4.79 Å². The summed E-state index contributed by atoms with van der Waals surface area (Å²) in [6.07, 6.45) is 10.6. The predicted molar refractivity (Wildman–Crippen MR) is 60.7 cm³/mol. The van der Waals surface area contributed by atoms with E-state index in [0.29, 0.717) is 19.7 Å². The van der Waals surface area contributed by atoms with Crippen LogP contribution in [0.2, 0.25) is 0 Å². The fraction of sp³-hybridized carbons (Fsp3) is 0.917. The number of hydrogen-bond donors (Lipinski definition) is 1. The monoisotopic (exact) mass is 216 g/mol. The van der Waals surface area contributed by atoms with Crippen LogP contribution in [0.1, 0.15) is 57.8 Å². The minimum atomic E-state index is 0.330. The molecule has 0 saturated carbocycles. The van der Waals surface area contributed by atoms with Crippen LogP contribution in [-0.4, -0.2) is 24.8 Å². The van der Waals surface area contributed by atoms with Gasteiger partial charge in [-0.15, -0.1) is 0 Å². The van der Waals surface area contributed by atoms with E-state index in [-0.39, 0.29) is 0 Å². The molecule has 15 heavy (non-hydrogen) atoms. The summed E-state index contributed by atoms with van der Waals surface area (Å²) in [5.41, 5.74) is 0. The molecule has 0 rings (SSSR count). The van der Waals surface area contributed by atoms with Gasteiger partial charge in [0.05, 0.1) is 6.61 Å². The van der Waals surface area contributed by atoms with Crippen molar-refractivity contribution in [1.82, 2.24) is 0 Å². The Morgan fingerprint density at radius 1 is 0.800 bits per heavy atom. The largest absolute Gasteiger partial charge is 0.468 e. The topological polar surface area (TPSA) is 46.5 Å². The zero-order chi connectivity index (χ0) is 11.2. The molecule has 0 aliphatic rings. The number of unbranched alkanes of at least 4 members (excludes halogenated alkanes) is 8. The first-order valence-corrected chi connectivity index (χ1v) is 6.08. The molecule has 0 fully saturated rings. The third-order valence-corrected chi connectivity index (χ3v) is 2.49. The van der Waals surface area contributed by atoms with Crippen molar-refractivity contribution in [3.63, 3.8) is 0 Å². The van der Waals surface area contributed by atoms with Crippen LogP contribution in [-0.2, 0) is 9.53 Å². The molecule has 0 saturated heterocycles. The highest BCUT2D eigenvalue weighted by Gasteiger charge is 1.92. The minimum absolute atomic E-state index is 0.330. The lowest BCUT2D eigenvalue weighted by Gasteiger charge is -2.01. The SMILES string of the molecule is O=COCCCCCCCCCCCO. The Balaban J connectivity index is 2.83. The average Bonchev–Trinajstić information content (AvgIpc) is 2.26. The summed E-state index contributed by atoms with van der Waals surface area (Å²) in [5.74, 6) is 0. The summed E-state index contributed by atoms with van der Waals surface area (Å²) in [7, 11) is 0. The van der Waals surface area contributed by atoms with E-state index in [4.69, 9.17) is 5.11 Å². The van der Waals surface area contributed by atoms with Crippen LogP contribution in [0.5, 0.6) is 0 Å². The van der Waals surface area contributed by atoms with Gasteiger partial charge in [-0.05, 0) is 12.8 Å². The third kappa shape index (κ3) is 13.4. The van der Waals surface area contributed by atoms with E-state index >= 15 is 0 Å². The molecule has 0 atom stereocenters. The summed E-state index contributed by atoms with van der Waals surface area (Å²) in [6.45, 7) is 1.41. The van der Waals surface area contributed by atoms with Crippen molar-refractivity contribution in [2.24, 2.45) is 0 Å². The van der Waals surface area contributed by atoms with Crippen LogP contribution in [0.25, 0.3) is 0 Å². The summed E-state index contributed by atoms with van der Waals surface area (Å²) < 4.78 is 4.60. The molecule has 0 aromatic rings. The molecule has 0 bridgehead atoms. The summed E-state index contributed by atoms with van der Waals surface area (Å²) >= 11 is 0. The number of carbonyl (C=O) groups is 1. The molecule has 0 aromatic heterocycles. The van der Waals surface area contributed by atoms with Gasteiger partial charge in [-0.2, -0.15) is 0 Å². The van der Waals surface area contributed by atoms with Crippen LogP contribution >= 0.6 is 0 Å². The number of aliphatic hydroxyl groups is 1. The summed E-state index contributed by atoms with van der Waals surface area (Å²) in [5, 5.41) is 8.57. The quantitative estimate of drug-likeness (QED) is 0.403. The van der Waals surface area contributed by atoms with E-state index in [1.165, 1.54) is 32.1 Å². The fourth-order valence-electron chi connectivity index (χ4n) is 1.58. The Labute approximate surface area is 92.8 Å². The molecule has 0 aromatic carbocycles. The Morgan fingerprint density at radius 3 is 1.73 bits per heavy atom. The van der Waals surface area contributed by atoms with Gasteiger partial charge in [-0.25, -0.2) is 0 Å². The standard InChI is InChI=1S/C12H24O3/c13-10-8-6-4-2-1-3-5-7-9-11-15-12-14/h12-13H,1-11H2. The van der Waals surface area contributed by atoms with E-state index in [1.807, 2.05) is 0 Å². The second kappa shape index (κ2) is 13.4. The highest BCUT2D eigenvalue weighted by molar-refractivity contribution is 5.36. The van der Waals surface area contributed by atoms with Gasteiger partial charge in [0.15, 0.2) is 0 Å². The van der Waals surface area contributed by atoms with Crippen molar-refractivity contribution < 1.29 is 14.6 Å². The van der Waals surface area contributed by atoms with Gasteiger partial charge < -0.3 is 9.84 Å². The smallest absolute Gasteiger partial charge is 0.293 e. The van der Waals surface area contributed by atoms with Crippen LogP contribution < -0.4 is 0 Å². The van der Waals surface area contributed by atoms with Gasteiger partial charge in [0.25, 0.3) is 6.47 Å². The first-order valence-electron chi connectivity index (χ1n) is 6.08. The Morgan fingerprint density at radius 2 is 1.27 bits per heavy atom. The van der Waals surface area contributed by atoms with Crippen LogP contribution in [0.4, 0.5) is 0 Å². The van der Waals surface area contributed by atoms with Gasteiger partial charge in [-0.1, -0.05) is 44.9 Å². The summed E-state index contributed by atoms with van der Waals surface area (Å²) in [6, 6.07) is 0. The van der Waals surface area contributed by atoms with Crippen molar-refractivity contribution in [2.75, 3.05) is 13.2 Å².